The van der Waals surface area contributed by atoms with Crippen LogP contribution in [0.4, 0.5) is 5.13 Å². The highest BCUT2D eigenvalue weighted by atomic mass is 32.1. The molecule has 0 saturated carbocycles. The summed E-state index contributed by atoms with van der Waals surface area (Å²) in [7, 11) is 0. The molecule has 118 valence electrons. The van der Waals surface area contributed by atoms with Crippen molar-refractivity contribution in [3.63, 3.8) is 0 Å². The molecular formula is C16H21N3O2S. The molecule has 0 radical (unpaired) electrons. The van der Waals surface area contributed by atoms with Crippen LogP contribution in [0.2, 0.25) is 0 Å². The molecule has 1 N–H and O–H groups in total. The molecule has 0 fully saturated rings. The van der Waals surface area contributed by atoms with Crippen molar-refractivity contribution in [2.75, 3.05) is 11.9 Å². The van der Waals surface area contributed by atoms with Gasteiger partial charge in [-0.05, 0) is 43.0 Å². The Bertz CT molecular complexity index is 632. The number of hydrogen-bond donors (Lipinski definition) is 1. The topological polar surface area (TPSA) is 64.1 Å². The Kier molecular flexibility index (Phi) is 5.49. The van der Waals surface area contributed by atoms with Crippen LogP contribution in [0.1, 0.15) is 30.0 Å². The predicted molar refractivity (Wildman–Crippen MR) is 88.5 cm³/mol. The summed E-state index contributed by atoms with van der Waals surface area (Å²) in [5, 5.41) is 12.2. The van der Waals surface area contributed by atoms with Crippen molar-refractivity contribution in [1.82, 2.24) is 10.2 Å². The van der Waals surface area contributed by atoms with E-state index in [1.165, 1.54) is 11.3 Å². The largest absolute Gasteiger partial charge is 0.484 e. The van der Waals surface area contributed by atoms with E-state index in [2.05, 4.69) is 35.4 Å². The second-order valence-corrected chi connectivity index (χ2v) is 6.82. The fraction of sp³-hybridized carbons (Fsp3) is 0.438. The van der Waals surface area contributed by atoms with Crippen LogP contribution in [0.3, 0.4) is 0 Å². The molecule has 0 bridgehead atoms. The molecule has 0 aliphatic carbocycles. The first-order chi connectivity index (χ1) is 10.4. The molecule has 1 aromatic carbocycles. The Balaban J connectivity index is 1.86. The number of carbonyl (C=O) groups is 1. The van der Waals surface area contributed by atoms with Crippen LogP contribution in [0.25, 0.3) is 0 Å². The quantitative estimate of drug-likeness (QED) is 0.886. The van der Waals surface area contributed by atoms with E-state index in [-0.39, 0.29) is 12.5 Å². The first-order valence-corrected chi connectivity index (χ1v) is 8.07. The Morgan fingerprint density at radius 1 is 1.23 bits per heavy atom. The van der Waals surface area contributed by atoms with Crippen LogP contribution < -0.4 is 10.1 Å². The highest BCUT2D eigenvalue weighted by Crippen LogP contribution is 2.19. The van der Waals surface area contributed by atoms with Crippen LogP contribution >= 0.6 is 11.3 Å². The van der Waals surface area contributed by atoms with Crippen LogP contribution in [0, 0.1) is 19.8 Å². The summed E-state index contributed by atoms with van der Waals surface area (Å²) in [6, 6.07) is 5.88. The zero-order valence-electron chi connectivity index (χ0n) is 13.3. The summed E-state index contributed by atoms with van der Waals surface area (Å²) < 4.78 is 5.52. The average molecular weight is 319 g/mol. The molecule has 5 nitrogen and oxygen atoms in total. The van der Waals surface area contributed by atoms with Gasteiger partial charge in [0.25, 0.3) is 5.91 Å². The Labute approximate surface area is 134 Å². The van der Waals surface area contributed by atoms with Crippen LogP contribution in [-0.4, -0.2) is 22.7 Å². The van der Waals surface area contributed by atoms with E-state index in [9.17, 15) is 4.79 Å². The predicted octanol–water partition coefficient (Wildman–Crippen LogP) is 3.37. The number of aryl methyl sites for hydroxylation is 2. The lowest BCUT2D eigenvalue weighted by atomic mass is 10.1. The number of nitrogens with one attached hydrogen (secondary N) is 1. The standard InChI is InChI=1S/C16H21N3O2S/c1-10(2)5-15-18-19-16(22-15)17-14(20)9-21-13-7-11(3)6-12(4)8-13/h6-8,10H,5,9H2,1-4H3,(H,17,19,20). The third-order valence-electron chi connectivity index (χ3n) is 2.86. The van der Waals surface area contributed by atoms with E-state index in [1.54, 1.807) is 0 Å². The van der Waals surface area contributed by atoms with Crippen LogP contribution in [0.5, 0.6) is 5.75 Å². The minimum absolute atomic E-state index is 0.0397. The van der Waals surface area contributed by atoms with Crippen molar-refractivity contribution in [1.29, 1.82) is 0 Å². The number of amides is 1. The average Bonchev–Trinajstić information content (AvgIpc) is 2.81. The molecule has 1 amide bonds. The lowest BCUT2D eigenvalue weighted by Gasteiger charge is -2.07. The maximum atomic E-state index is 11.9. The van der Waals surface area contributed by atoms with Gasteiger partial charge in [-0.15, -0.1) is 10.2 Å². The molecule has 1 aromatic heterocycles. The molecule has 0 atom stereocenters. The number of ether oxygens (including phenoxy) is 1. The van der Waals surface area contributed by atoms with Gasteiger partial charge in [0, 0.05) is 6.42 Å². The second-order valence-electron chi connectivity index (χ2n) is 5.76. The van der Waals surface area contributed by atoms with Crippen molar-refractivity contribution < 1.29 is 9.53 Å². The fourth-order valence-corrected chi connectivity index (χ4v) is 3.02. The highest BCUT2D eigenvalue weighted by molar-refractivity contribution is 7.15. The Morgan fingerprint density at radius 2 is 1.91 bits per heavy atom. The van der Waals surface area contributed by atoms with E-state index in [0.29, 0.717) is 16.8 Å². The van der Waals surface area contributed by atoms with Gasteiger partial charge in [0.1, 0.15) is 10.8 Å². The van der Waals surface area contributed by atoms with Gasteiger partial charge in [-0.3, -0.25) is 10.1 Å². The van der Waals surface area contributed by atoms with Gasteiger partial charge in [-0.1, -0.05) is 31.3 Å². The van der Waals surface area contributed by atoms with E-state index < -0.39 is 0 Å². The fourth-order valence-electron chi connectivity index (χ4n) is 2.06. The van der Waals surface area contributed by atoms with E-state index in [0.717, 1.165) is 22.6 Å². The number of rotatable bonds is 6. The van der Waals surface area contributed by atoms with E-state index in [1.807, 2.05) is 26.0 Å². The van der Waals surface area contributed by atoms with Crippen LogP contribution in [-0.2, 0) is 11.2 Å². The number of anilines is 1. The molecule has 2 aromatic rings. The Morgan fingerprint density at radius 3 is 2.55 bits per heavy atom. The third kappa shape index (κ3) is 5.11. The van der Waals surface area contributed by atoms with Gasteiger partial charge in [0.15, 0.2) is 6.61 Å². The summed E-state index contributed by atoms with van der Waals surface area (Å²) in [5.41, 5.74) is 2.22. The molecule has 6 heteroatoms. The SMILES string of the molecule is Cc1cc(C)cc(OCC(=O)Nc2nnc(CC(C)C)s2)c1. The summed E-state index contributed by atoms with van der Waals surface area (Å²) >= 11 is 1.41. The number of benzene rings is 1. The molecule has 0 unspecified atom stereocenters. The smallest absolute Gasteiger partial charge is 0.264 e. The molecule has 1 heterocycles. The summed E-state index contributed by atoms with van der Waals surface area (Å²) in [4.78, 5) is 11.9. The van der Waals surface area contributed by atoms with Crippen LogP contribution in [0.15, 0.2) is 18.2 Å². The minimum atomic E-state index is -0.230. The molecule has 0 aliphatic heterocycles. The van der Waals surface area contributed by atoms with Gasteiger partial charge < -0.3 is 4.74 Å². The third-order valence-corrected chi connectivity index (χ3v) is 3.72. The minimum Gasteiger partial charge on any atom is -0.484 e. The lowest BCUT2D eigenvalue weighted by Crippen LogP contribution is -2.20. The first-order valence-electron chi connectivity index (χ1n) is 7.25. The highest BCUT2D eigenvalue weighted by Gasteiger charge is 2.10. The molecule has 0 spiro atoms. The monoisotopic (exact) mass is 319 g/mol. The lowest BCUT2D eigenvalue weighted by molar-refractivity contribution is -0.118. The molecular weight excluding hydrogens is 298 g/mol. The molecule has 22 heavy (non-hydrogen) atoms. The molecule has 0 saturated heterocycles. The van der Waals surface area contributed by atoms with Gasteiger partial charge in [-0.25, -0.2) is 0 Å². The van der Waals surface area contributed by atoms with Crippen molar-refractivity contribution >= 4 is 22.4 Å². The van der Waals surface area contributed by atoms with Crippen molar-refractivity contribution in [2.24, 2.45) is 5.92 Å². The summed E-state index contributed by atoms with van der Waals surface area (Å²) in [6.45, 7) is 8.20. The van der Waals surface area contributed by atoms with Gasteiger partial charge in [0.2, 0.25) is 5.13 Å². The number of hydrogen-bond acceptors (Lipinski definition) is 5. The zero-order chi connectivity index (χ0) is 16.1. The zero-order valence-corrected chi connectivity index (χ0v) is 14.2. The Hall–Kier alpha value is -1.95. The molecule has 2 rings (SSSR count). The maximum Gasteiger partial charge on any atom is 0.264 e. The van der Waals surface area contributed by atoms with E-state index in [4.69, 9.17) is 4.74 Å². The van der Waals surface area contributed by atoms with Gasteiger partial charge in [0.05, 0.1) is 0 Å². The maximum absolute atomic E-state index is 11.9. The van der Waals surface area contributed by atoms with Crippen molar-refractivity contribution in [2.45, 2.75) is 34.1 Å². The summed E-state index contributed by atoms with van der Waals surface area (Å²) in [6.07, 6.45) is 0.868. The first kappa shape index (κ1) is 16.4. The van der Waals surface area contributed by atoms with E-state index >= 15 is 0 Å². The number of aromatic nitrogens is 2. The van der Waals surface area contributed by atoms with Gasteiger partial charge in [-0.2, -0.15) is 0 Å². The normalized spacial score (nSPS) is 10.8. The second kappa shape index (κ2) is 7.35. The number of carbonyl (C=O) groups excluding carboxylic acids is 1. The number of nitrogens with zero attached hydrogens (tertiary/aromatic N) is 2. The molecule has 0 aliphatic rings. The summed E-state index contributed by atoms with van der Waals surface area (Å²) in [5.74, 6) is 0.987. The van der Waals surface area contributed by atoms with Gasteiger partial charge >= 0.3 is 0 Å². The van der Waals surface area contributed by atoms with Crippen molar-refractivity contribution in [3.05, 3.63) is 34.3 Å². The van der Waals surface area contributed by atoms with Crippen molar-refractivity contribution in [3.8, 4) is 5.75 Å².